The number of Topliss-reactive ketones (excluding diaryl/α,β-unsaturated/α-hetero) is 1. The lowest BCUT2D eigenvalue weighted by molar-refractivity contribution is -0.140. The van der Waals surface area contributed by atoms with Crippen molar-refractivity contribution in [3.05, 3.63) is 70.3 Å². The molecule has 1 amide bonds. The highest BCUT2D eigenvalue weighted by atomic mass is 16.5. The van der Waals surface area contributed by atoms with Crippen LogP contribution in [-0.4, -0.2) is 60.4 Å². The molecule has 0 radical (unpaired) electrons. The van der Waals surface area contributed by atoms with Gasteiger partial charge in [0.05, 0.1) is 18.2 Å². The zero-order chi connectivity index (χ0) is 25.2. The summed E-state index contributed by atoms with van der Waals surface area (Å²) in [6.07, 6.45) is 0. The number of nitrogens with zero attached hydrogens (tertiary/aromatic N) is 2. The van der Waals surface area contributed by atoms with Crippen LogP contribution >= 0.6 is 0 Å². The van der Waals surface area contributed by atoms with Gasteiger partial charge >= 0.3 is 0 Å². The van der Waals surface area contributed by atoms with E-state index in [-0.39, 0.29) is 16.7 Å². The van der Waals surface area contributed by atoms with Crippen LogP contribution in [0.2, 0.25) is 0 Å². The lowest BCUT2D eigenvalue weighted by atomic mass is 9.84. The third-order valence-corrected chi connectivity index (χ3v) is 6.17. The molecular formula is C28H36N2O4. The molecule has 0 bridgehead atoms. The van der Waals surface area contributed by atoms with Crippen LogP contribution < -0.4 is 4.74 Å². The first kappa shape index (κ1) is 25.5. The number of likely N-dealkylation sites (N-methyl/N-ethyl adjacent to an activating group) is 1. The van der Waals surface area contributed by atoms with Gasteiger partial charge in [0.2, 0.25) is 0 Å². The largest absolute Gasteiger partial charge is 0.507 e. The average molecular weight is 465 g/mol. The predicted molar refractivity (Wildman–Crippen MR) is 135 cm³/mol. The van der Waals surface area contributed by atoms with Crippen LogP contribution in [0.4, 0.5) is 0 Å². The number of amides is 1. The fourth-order valence-electron chi connectivity index (χ4n) is 4.19. The summed E-state index contributed by atoms with van der Waals surface area (Å²) in [6.45, 7) is 11.5. The Hall–Kier alpha value is -3.12. The first-order valence-electron chi connectivity index (χ1n) is 11.7. The minimum absolute atomic E-state index is 0.117. The molecule has 0 aromatic heterocycles. The van der Waals surface area contributed by atoms with Gasteiger partial charge in [0.15, 0.2) is 0 Å². The zero-order valence-electron chi connectivity index (χ0n) is 21.3. The fourth-order valence-corrected chi connectivity index (χ4v) is 4.19. The Morgan fingerprint density at radius 1 is 1.12 bits per heavy atom. The molecule has 2 aromatic rings. The van der Waals surface area contributed by atoms with Gasteiger partial charge in [-0.1, -0.05) is 45.0 Å². The van der Waals surface area contributed by atoms with Crippen LogP contribution in [0.15, 0.2) is 48.0 Å². The van der Waals surface area contributed by atoms with Gasteiger partial charge in [-0.15, -0.1) is 0 Å². The molecule has 1 N–H and O–H groups in total. The third kappa shape index (κ3) is 5.17. The minimum atomic E-state index is -0.696. The van der Waals surface area contributed by atoms with E-state index in [1.54, 1.807) is 4.90 Å². The van der Waals surface area contributed by atoms with Crippen molar-refractivity contribution in [3.8, 4) is 5.75 Å². The monoisotopic (exact) mass is 464 g/mol. The smallest absolute Gasteiger partial charge is 0.295 e. The molecule has 1 saturated heterocycles. The van der Waals surface area contributed by atoms with E-state index in [4.69, 9.17) is 4.74 Å². The Morgan fingerprint density at radius 2 is 1.82 bits per heavy atom. The fraction of sp³-hybridized carbons (Fsp3) is 0.429. The molecule has 1 aliphatic rings. The van der Waals surface area contributed by atoms with Crippen molar-refractivity contribution in [2.45, 2.75) is 46.1 Å². The normalized spacial score (nSPS) is 18.1. The molecule has 34 heavy (non-hydrogen) atoms. The van der Waals surface area contributed by atoms with Crippen LogP contribution in [-0.2, 0) is 15.0 Å². The number of hydrogen-bond acceptors (Lipinski definition) is 5. The van der Waals surface area contributed by atoms with Gasteiger partial charge in [-0.05, 0) is 68.2 Å². The van der Waals surface area contributed by atoms with Gasteiger partial charge in [-0.25, -0.2) is 0 Å². The average Bonchev–Trinajstić information content (AvgIpc) is 3.02. The lowest BCUT2D eigenvalue weighted by Crippen LogP contribution is -2.35. The molecule has 2 aromatic carbocycles. The first-order chi connectivity index (χ1) is 16.0. The van der Waals surface area contributed by atoms with Crippen LogP contribution in [0.3, 0.4) is 0 Å². The van der Waals surface area contributed by atoms with Crippen LogP contribution in [0.1, 0.15) is 56.0 Å². The van der Waals surface area contributed by atoms with Gasteiger partial charge in [0, 0.05) is 18.7 Å². The molecule has 1 heterocycles. The molecule has 1 atom stereocenters. The third-order valence-electron chi connectivity index (χ3n) is 6.17. The highest BCUT2D eigenvalue weighted by Gasteiger charge is 2.46. The molecule has 1 unspecified atom stereocenters. The molecule has 1 fully saturated rings. The van der Waals surface area contributed by atoms with Gasteiger partial charge in [-0.3, -0.25) is 9.59 Å². The van der Waals surface area contributed by atoms with Gasteiger partial charge in [-0.2, -0.15) is 0 Å². The molecular weight excluding hydrogens is 428 g/mol. The van der Waals surface area contributed by atoms with Crippen molar-refractivity contribution in [2.24, 2.45) is 0 Å². The number of aryl methyl sites for hydroxylation is 1. The molecule has 6 heteroatoms. The second-order valence-electron chi connectivity index (χ2n) is 10.1. The highest BCUT2D eigenvalue weighted by Crippen LogP contribution is 2.41. The number of ether oxygens (including phenoxy) is 1. The van der Waals surface area contributed by atoms with E-state index in [1.807, 2.05) is 75.3 Å². The number of hydrogen-bond donors (Lipinski definition) is 1. The Labute approximate surface area is 202 Å². The second kappa shape index (κ2) is 10.0. The molecule has 0 aliphatic carbocycles. The zero-order valence-corrected chi connectivity index (χ0v) is 21.3. The van der Waals surface area contributed by atoms with E-state index >= 15 is 0 Å². The van der Waals surface area contributed by atoms with Crippen molar-refractivity contribution in [1.82, 2.24) is 9.80 Å². The summed E-state index contributed by atoms with van der Waals surface area (Å²) >= 11 is 0. The number of benzene rings is 2. The van der Waals surface area contributed by atoms with Gasteiger partial charge < -0.3 is 19.6 Å². The summed E-state index contributed by atoms with van der Waals surface area (Å²) in [5, 5.41) is 11.5. The van der Waals surface area contributed by atoms with E-state index in [2.05, 4.69) is 20.8 Å². The standard InChI is InChI=1S/C28H36N2O4/c1-8-34-21-11-9-10-19(16-21)24-23(26(32)27(33)30(24)15-14-29(6)7)25(31)22-17-20(28(3,4)5)13-12-18(22)2/h9-13,16-17,24,31H,8,14-15H2,1-7H3/b25-23+. The van der Waals surface area contributed by atoms with Crippen LogP contribution in [0, 0.1) is 6.92 Å². The molecule has 182 valence electrons. The Balaban J connectivity index is 2.22. The van der Waals surface area contributed by atoms with E-state index in [0.29, 0.717) is 31.0 Å². The predicted octanol–water partition coefficient (Wildman–Crippen LogP) is 4.67. The van der Waals surface area contributed by atoms with E-state index in [9.17, 15) is 14.7 Å². The maximum Gasteiger partial charge on any atom is 0.295 e. The molecule has 3 rings (SSSR count). The van der Waals surface area contributed by atoms with Crippen molar-refractivity contribution in [2.75, 3.05) is 33.8 Å². The van der Waals surface area contributed by atoms with E-state index in [1.165, 1.54) is 0 Å². The first-order valence-corrected chi connectivity index (χ1v) is 11.7. The van der Waals surface area contributed by atoms with Crippen molar-refractivity contribution in [3.63, 3.8) is 0 Å². The number of carbonyl (C=O) groups excluding carboxylic acids is 2. The molecule has 0 saturated carbocycles. The second-order valence-corrected chi connectivity index (χ2v) is 10.1. The van der Waals surface area contributed by atoms with Crippen molar-refractivity contribution in [1.29, 1.82) is 0 Å². The summed E-state index contributed by atoms with van der Waals surface area (Å²) in [5.41, 5.74) is 3.17. The summed E-state index contributed by atoms with van der Waals surface area (Å²) in [6, 6.07) is 12.6. The number of aliphatic hydroxyl groups is 1. The van der Waals surface area contributed by atoms with Crippen LogP contribution in [0.5, 0.6) is 5.75 Å². The summed E-state index contributed by atoms with van der Waals surface area (Å²) in [4.78, 5) is 30.0. The number of ketones is 1. The van der Waals surface area contributed by atoms with Crippen molar-refractivity contribution >= 4 is 17.4 Å². The number of carbonyl (C=O) groups is 2. The molecule has 6 nitrogen and oxygen atoms in total. The summed E-state index contributed by atoms with van der Waals surface area (Å²) in [5.74, 6) is -0.742. The number of rotatable bonds is 7. The van der Waals surface area contributed by atoms with Crippen molar-refractivity contribution < 1.29 is 19.4 Å². The Bertz CT molecular complexity index is 1110. The SMILES string of the molecule is CCOc1cccc(C2/C(=C(\O)c3cc(C(C)(C)C)ccc3C)C(=O)C(=O)N2CCN(C)C)c1. The summed E-state index contributed by atoms with van der Waals surface area (Å²) in [7, 11) is 3.84. The number of aliphatic hydroxyl groups excluding tert-OH is 1. The van der Waals surface area contributed by atoms with Gasteiger partial charge in [0.1, 0.15) is 11.5 Å². The maximum absolute atomic E-state index is 13.3. The Kier molecular flexibility index (Phi) is 7.51. The highest BCUT2D eigenvalue weighted by molar-refractivity contribution is 6.46. The van der Waals surface area contributed by atoms with E-state index < -0.39 is 17.7 Å². The van der Waals surface area contributed by atoms with Gasteiger partial charge in [0.25, 0.3) is 11.7 Å². The van der Waals surface area contributed by atoms with Crippen LogP contribution in [0.25, 0.3) is 5.76 Å². The summed E-state index contributed by atoms with van der Waals surface area (Å²) < 4.78 is 5.67. The van der Waals surface area contributed by atoms with E-state index in [0.717, 1.165) is 16.7 Å². The Morgan fingerprint density at radius 3 is 2.44 bits per heavy atom. The topological polar surface area (TPSA) is 70.1 Å². The molecule has 0 spiro atoms. The number of likely N-dealkylation sites (tertiary alicyclic amines) is 1. The minimum Gasteiger partial charge on any atom is -0.507 e. The molecule has 1 aliphatic heterocycles. The maximum atomic E-state index is 13.3. The lowest BCUT2D eigenvalue weighted by Gasteiger charge is -2.27. The quantitative estimate of drug-likeness (QED) is 0.366.